The molecule has 0 aliphatic carbocycles. The molecule has 5 rings (SSSR count). The average molecular weight is 530 g/mol. The lowest BCUT2D eigenvalue weighted by atomic mass is 10.0. The Morgan fingerprint density at radius 1 is 1.03 bits per heavy atom. The summed E-state index contributed by atoms with van der Waals surface area (Å²) in [5, 5.41) is 7.43. The molecule has 1 aliphatic heterocycles. The fraction of sp³-hybridized carbons (Fsp3) is 0.207. The number of hydrogen-bond acceptors (Lipinski definition) is 3. The molecule has 0 saturated carbocycles. The van der Waals surface area contributed by atoms with E-state index >= 15 is 0 Å². The molecule has 37 heavy (non-hydrogen) atoms. The van der Waals surface area contributed by atoms with E-state index in [1.54, 1.807) is 6.20 Å². The van der Waals surface area contributed by atoms with E-state index in [1.165, 1.54) is 0 Å². The number of nitrogens with one attached hydrogen (secondary N) is 2. The monoisotopic (exact) mass is 529 g/mol. The number of para-hydroxylation sites is 1. The van der Waals surface area contributed by atoms with Crippen molar-refractivity contribution in [2.45, 2.75) is 32.9 Å². The molecule has 2 aromatic heterocycles. The molecule has 1 aliphatic rings. The van der Waals surface area contributed by atoms with Crippen molar-refractivity contribution < 1.29 is 4.79 Å². The van der Waals surface area contributed by atoms with Gasteiger partial charge < -0.3 is 20.1 Å². The van der Waals surface area contributed by atoms with Crippen molar-refractivity contribution in [3.8, 4) is 5.69 Å². The Morgan fingerprint density at radius 2 is 1.78 bits per heavy atom. The first kappa shape index (κ1) is 25.0. The summed E-state index contributed by atoms with van der Waals surface area (Å²) in [6, 6.07) is 25.7. The van der Waals surface area contributed by atoms with Gasteiger partial charge in [0.2, 0.25) is 5.91 Å². The zero-order valence-electron chi connectivity index (χ0n) is 20.9. The maximum Gasteiger partial charge on any atom is 0.226 e. The summed E-state index contributed by atoms with van der Waals surface area (Å²) in [6.07, 6.45) is 1.80. The molecule has 2 aromatic carbocycles. The first-order valence-electron chi connectivity index (χ1n) is 12.2. The molecule has 0 bridgehead atoms. The number of anilines is 2. The van der Waals surface area contributed by atoms with Gasteiger partial charge >= 0.3 is 0 Å². The number of carbonyl (C=O) groups excluding carboxylic acids is 1. The van der Waals surface area contributed by atoms with E-state index in [9.17, 15) is 4.79 Å². The van der Waals surface area contributed by atoms with Crippen molar-refractivity contribution in [2.75, 3.05) is 10.2 Å². The molecule has 1 saturated heterocycles. The van der Waals surface area contributed by atoms with Crippen LogP contribution in [0, 0.1) is 12.8 Å². The van der Waals surface area contributed by atoms with Crippen molar-refractivity contribution in [2.24, 2.45) is 5.92 Å². The Morgan fingerprint density at radius 3 is 2.46 bits per heavy atom. The van der Waals surface area contributed by atoms with Gasteiger partial charge in [0.15, 0.2) is 5.11 Å². The number of amides is 1. The predicted molar refractivity (Wildman–Crippen MR) is 153 cm³/mol. The quantitative estimate of drug-likeness (QED) is 0.275. The van der Waals surface area contributed by atoms with Gasteiger partial charge in [-0.1, -0.05) is 49.7 Å². The summed E-state index contributed by atoms with van der Waals surface area (Å²) in [6.45, 7) is 5.79. The van der Waals surface area contributed by atoms with Crippen LogP contribution in [0.15, 0.2) is 85.1 Å². The third kappa shape index (κ3) is 4.84. The van der Waals surface area contributed by atoms with Gasteiger partial charge in [-0.2, -0.15) is 0 Å². The lowest BCUT2D eigenvalue weighted by Crippen LogP contribution is -2.30. The molecular weight excluding hydrogens is 502 g/mol. The van der Waals surface area contributed by atoms with E-state index in [0.717, 1.165) is 28.5 Å². The van der Waals surface area contributed by atoms with Crippen LogP contribution in [0.1, 0.15) is 43.0 Å². The summed E-state index contributed by atoms with van der Waals surface area (Å²) < 4.78 is 2.25. The number of rotatable bonds is 6. The summed E-state index contributed by atoms with van der Waals surface area (Å²) in [4.78, 5) is 19.0. The third-order valence-electron chi connectivity index (χ3n) is 6.53. The zero-order chi connectivity index (χ0) is 26.1. The number of carbonyl (C=O) groups is 1. The average Bonchev–Trinajstić information content (AvgIpc) is 3.45. The number of nitrogens with zero attached hydrogens (tertiary/aromatic N) is 3. The number of hydrogen-bond donors (Lipinski definition) is 2. The van der Waals surface area contributed by atoms with Crippen molar-refractivity contribution in [3.63, 3.8) is 0 Å². The minimum absolute atomic E-state index is 0.0859. The number of aromatic nitrogens is 2. The Kier molecular flexibility index (Phi) is 7.00. The highest BCUT2D eigenvalue weighted by Gasteiger charge is 2.42. The second kappa shape index (κ2) is 10.4. The molecule has 1 amide bonds. The number of thiocarbonyl (C=S) groups is 1. The molecule has 8 heteroatoms. The van der Waals surface area contributed by atoms with Crippen LogP contribution in [0.2, 0.25) is 5.02 Å². The summed E-state index contributed by atoms with van der Waals surface area (Å²) >= 11 is 12.5. The van der Waals surface area contributed by atoms with E-state index in [1.807, 2.05) is 68.4 Å². The third-order valence-corrected chi connectivity index (χ3v) is 7.16. The summed E-state index contributed by atoms with van der Waals surface area (Å²) in [7, 11) is 0. The second-order valence-electron chi connectivity index (χ2n) is 9.38. The molecule has 0 radical (unpaired) electrons. The number of halogens is 1. The van der Waals surface area contributed by atoms with Crippen LogP contribution in [-0.4, -0.2) is 20.6 Å². The van der Waals surface area contributed by atoms with E-state index in [-0.39, 0.29) is 23.9 Å². The Balaban J connectivity index is 1.62. The van der Waals surface area contributed by atoms with Crippen molar-refractivity contribution in [1.29, 1.82) is 0 Å². The molecule has 188 valence electrons. The molecule has 3 heterocycles. The first-order chi connectivity index (χ1) is 17.8. The van der Waals surface area contributed by atoms with Gasteiger partial charge in [-0.3, -0.25) is 9.78 Å². The lowest BCUT2D eigenvalue weighted by Gasteiger charge is -2.29. The van der Waals surface area contributed by atoms with E-state index in [0.29, 0.717) is 15.8 Å². The van der Waals surface area contributed by atoms with Crippen molar-refractivity contribution >= 4 is 46.2 Å². The SMILES string of the molecule is Cc1ccc([C@@H]2[C@@H](c3ccccn3)NC(=S)N2c2ccc(NC(=O)C(C)C)c(Cl)c2)n1-c1ccccc1. The van der Waals surface area contributed by atoms with Crippen LogP contribution in [0.5, 0.6) is 0 Å². The Bertz CT molecular complexity index is 1440. The molecule has 2 N–H and O–H groups in total. The smallest absolute Gasteiger partial charge is 0.226 e. The largest absolute Gasteiger partial charge is 0.351 e. The highest BCUT2D eigenvalue weighted by Crippen LogP contribution is 2.43. The maximum atomic E-state index is 12.2. The van der Waals surface area contributed by atoms with Gasteiger partial charge in [-0.15, -0.1) is 0 Å². The van der Waals surface area contributed by atoms with Crippen LogP contribution in [0.4, 0.5) is 11.4 Å². The summed E-state index contributed by atoms with van der Waals surface area (Å²) in [5.74, 6) is -0.235. The standard InChI is InChI=1S/C29H28ClN5OS/c1-18(2)28(36)32-23-14-13-21(17-22(23)30)35-27(26(33-29(35)37)24-11-7-8-16-31-24)25-15-12-19(3)34(25)20-9-5-4-6-10-20/h4-18,26-27H,1-3H3,(H,32,36)(H,33,37)/t26-,27-/m1/s1. The predicted octanol–water partition coefficient (Wildman–Crippen LogP) is 6.61. The zero-order valence-corrected chi connectivity index (χ0v) is 22.4. The van der Waals surface area contributed by atoms with Gasteiger partial charge in [-0.05, 0) is 73.7 Å². The van der Waals surface area contributed by atoms with Gasteiger partial charge in [-0.25, -0.2) is 0 Å². The van der Waals surface area contributed by atoms with Crippen molar-refractivity contribution in [1.82, 2.24) is 14.9 Å². The van der Waals surface area contributed by atoms with E-state index in [2.05, 4.69) is 56.3 Å². The van der Waals surface area contributed by atoms with Crippen LogP contribution >= 0.6 is 23.8 Å². The first-order valence-corrected chi connectivity index (χ1v) is 13.0. The summed E-state index contributed by atoms with van der Waals surface area (Å²) in [5.41, 5.74) is 5.55. The molecule has 0 spiro atoms. The Labute approximate surface area is 227 Å². The normalized spacial score (nSPS) is 17.2. The molecule has 2 atom stereocenters. The molecule has 1 fully saturated rings. The fourth-order valence-corrected chi connectivity index (χ4v) is 5.25. The van der Waals surface area contributed by atoms with Gasteiger partial charge in [0.1, 0.15) is 6.04 Å². The molecular formula is C29H28ClN5OS. The maximum absolute atomic E-state index is 12.2. The molecule has 0 unspecified atom stereocenters. The van der Waals surface area contributed by atoms with Gasteiger partial charge in [0.25, 0.3) is 0 Å². The van der Waals surface area contributed by atoms with Gasteiger partial charge in [0, 0.05) is 34.9 Å². The van der Waals surface area contributed by atoms with E-state index in [4.69, 9.17) is 23.8 Å². The minimum Gasteiger partial charge on any atom is -0.351 e. The lowest BCUT2D eigenvalue weighted by molar-refractivity contribution is -0.118. The number of pyridine rings is 1. The molecule has 4 aromatic rings. The van der Waals surface area contributed by atoms with Crippen LogP contribution in [-0.2, 0) is 4.79 Å². The highest BCUT2D eigenvalue weighted by molar-refractivity contribution is 7.80. The molecule has 6 nitrogen and oxygen atoms in total. The minimum atomic E-state index is -0.205. The van der Waals surface area contributed by atoms with Crippen molar-refractivity contribution in [3.05, 3.63) is 107 Å². The van der Waals surface area contributed by atoms with Crippen LogP contribution in [0.25, 0.3) is 5.69 Å². The van der Waals surface area contributed by atoms with Crippen LogP contribution < -0.4 is 15.5 Å². The van der Waals surface area contributed by atoms with E-state index < -0.39 is 0 Å². The van der Waals surface area contributed by atoms with Gasteiger partial charge in [0.05, 0.1) is 22.4 Å². The Hall–Kier alpha value is -3.68. The van der Waals surface area contributed by atoms with Crippen LogP contribution in [0.3, 0.4) is 0 Å². The topological polar surface area (TPSA) is 62.2 Å². The highest BCUT2D eigenvalue weighted by atomic mass is 35.5. The number of benzene rings is 2. The number of aryl methyl sites for hydroxylation is 1. The second-order valence-corrected chi connectivity index (χ2v) is 10.2. The fourth-order valence-electron chi connectivity index (χ4n) is 4.69.